The molecule has 0 radical (unpaired) electrons. The molecule has 204 valence electrons. The summed E-state index contributed by atoms with van der Waals surface area (Å²) in [5, 5.41) is 17.3. The van der Waals surface area contributed by atoms with Crippen LogP contribution < -0.4 is 0 Å². The van der Waals surface area contributed by atoms with E-state index in [0.717, 1.165) is 12.8 Å². The number of hydrogen-bond acceptors (Lipinski definition) is 9. The van der Waals surface area contributed by atoms with E-state index in [9.17, 15) is 4.79 Å². The summed E-state index contributed by atoms with van der Waals surface area (Å²) in [5.74, 6) is 0.137. The molecule has 0 rings (SSSR count). The van der Waals surface area contributed by atoms with Crippen molar-refractivity contribution in [2.45, 2.75) is 45.4 Å². The van der Waals surface area contributed by atoms with Crippen molar-refractivity contribution in [1.82, 2.24) is 4.90 Å². The van der Waals surface area contributed by atoms with Crippen LogP contribution in [0.2, 0.25) is 0 Å². The van der Waals surface area contributed by atoms with Crippen LogP contribution in [-0.4, -0.2) is 127 Å². The van der Waals surface area contributed by atoms with Crippen molar-refractivity contribution in [3.63, 3.8) is 0 Å². The number of nitrogens with zero attached hydrogens (tertiary/aromatic N) is 1. The van der Waals surface area contributed by atoms with Crippen molar-refractivity contribution in [3.8, 4) is 0 Å². The standard InChI is InChI=1S/C24H49NO9/c1-2-3-4-5-6-7-24(28)25(8-12-29-16-20-33-22-18-31-14-10-26)9-13-30-17-21-34-23-19-32-15-11-27/h26-27H,2-23H2,1H3. The SMILES string of the molecule is CCCCCCCC(=O)N(CCOCCOCCOCCO)CCOCCOCCOCCO. The molecule has 0 unspecified atom stereocenters. The van der Waals surface area contributed by atoms with E-state index < -0.39 is 0 Å². The van der Waals surface area contributed by atoms with E-state index in [2.05, 4.69) is 6.92 Å². The minimum atomic E-state index is 0.0114. The quantitative estimate of drug-likeness (QED) is 0.155. The molecule has 34 heavy (non-hydrogen) atoms. The van der Waals surface area contributed by atoms with Gasteiger partial charge in [-0.1, -0.05) is 32.6 Å². The van der Waals surface area contributed by atoms with Crippen LogP contribution in [0.5, 0.6) is 0 Å². The molecule has 0 aromatic carbocycles. The first-order chi connectivity index (χ1) is 16.8. The molecule has 0 atom stereocenters. The summed E-state index contributed by atoms with van der Waals surface area (Å²) < 4.78 is 32.2. The molecule has 0 heterocycles. The van der Waals surface area contributed by atoms with Crippen LogP contribution in [0.1, 0.15) is 45.4 Å². The fourth-order valence-corrected chi connectivity index (χ4v) is 2.96. The minimum absolute atomic E-state index is 0.0114. The molecule has 0 fully saturated rings. The van der Waals surface area contributed by atoms with Gasteiger partial charge in [0.15, 0.2) is 0 Å². The third kappa shape index (κ3) is 24.3. The highest BCUT2D eigenvalue weighted by Gasteiger charge is 2.13. The maximum Gasteiger partial charge on any atom is 0.222 e. The maximum atomic E-state index is 12.7. The summed E-state index contributed by atoms with van der Waals surface area (Å²) in [4.78, 5) is 14.5. The van der Waals surface area contributed by atoms with Crippen molar-refractivity contribution in [1.29, 1.82) is 0 Å². The normalized spacial score (nSPS) is 11.3. The smallest absolute Gasteiger partial charge is 0.222 e. The number of unbranched alkanes of at least 4 members (excludes halogenated alkanes) is 4. The van der Waals surface area contributed by atoms with Gasteiger partial charge in [-0.25, -0.2) is 0 Å². The zero-order valence-electron chi connectivity index (χ0n) is 21.3. The number of amides is 1. The summed E-state index contributed by atoms with van der Waals surface area (Å²) in [6.07, 6.45) is 6.12. The molecule has 0 saturated carbocycles. The monoisotopic (exact) mass is 495 g/mol. The molecule has 0 aromatic heterocycles. The molecule has 0 aliphatic heterocycles. The Morgan fingerprint density at radius 1 is 0.559 bits per heavy atom. The predicted octanol–water partition coefficient (Wildman–Crippen LogP) is 1.26. The van der Waals surface area contributed by atoms with Gasteiger partial charge in [0.25, 0.3) is 0 Å². The lowest BCUT2D eigenvalue weighted by Gasteiger charge is -2.23. The lowest BCUT2D eigenvalue weighted by atomic mass is 10.1. The van der Waals surface area contributed by atoms with E-state index in [1.807, 2.05) is 4.90 Å². The number of aliphatic hydroxyl groups excluding tert-OH is 2. The van der Waals surface area contributed by atoms with Crippen LogP contribution in [0.25, 0.3) is 0 Å². The molecule has 10 heteroatoms. The van der Waals surface area contributed by atoms with Gasteiger partial charge >= 0.3 is 0 Å². The second-order valence-electron chi connectivity index (χ2n) is 7.67. The summed E-state index contributed by atoms with van der Waals surface area (Å²) in [7, 11) is 0. The minimum Gasteiger partial charge on any atom is -0.394 e. The first-order valence-electron chi connectivity index (χ1n) is 12.7. The largest absolute Gasteiger partial charge is 0.394 e. The number of ether oxygens (including phenoxy) is 6. The molecular formula is C24H49NO9. The van der Waals surface area contributed by atoms with Gasteiger partial charge in [0.1, 0.15) is 0 Å². The lowest BCUT2D eigenvalue weighted by Crippen LogP contribution is -2.37. The van der Waals surface area contributed by atoms with Crippen molar-refractivity contribution < 1.29 is 43.4 Å². The van der Waals surface area contributed by atoms with Gasteiger partial charge in [0.05, 0.1) is 92.5 Å². The summed E-state index contributed by atoms with van der Waals surface area (Å²) in [6.45, 7) is 8.43. The number of rotatable bonds is 28. The number of carbonyl (C=O) groups is 1. The van der Waals surface area contributed by atoms with Gasteiger partial charge in [0, 0.05) is 19.5 Å². The predicted molar refractivity (Wildman–Crippen MR) is 129 cm³/mol. The summed E-state index contributed by atoms with van der Waals surface area (Å²) in [5.41, 5.74) is 0. The third-order valence-electron chi connectivity index (χ3n) is 4.82. The van der Waals surface area contributed by atoms with Crippen LogP contribution in [0.15, 0.2) is 0 Å². The van der Waals surface area contributed by atoms with E-state index >= 15 is 0 Å². The van der Waals surface area contributed by atoms with Crippen LogP contribution in [0.4, 0.5) is 0 Å². The van der Waals surface area contributed by atoms with Gasteiger partial charge in [-0.3, -0.25) is 4.79 Å². The fraction of sp³-hybridized carbons (Fsp3) is 0.958. The first-order valence-corrected chi connectivity index (χ1v) is 12.7. The molecule has 1 amide bonds. The highest BCUT2D eigenvalue weighted by atomic mass is 16.6. The van der Waals surface area contributed by atoms with Gasteiger partial charge < -0.3 is 43.5 Å². The highest BCUT2D eigenvalue weighted by molar-refractivity contribution is 5.76. The molecule has 0 saturated heterocycles. The average Bonchev–Trinajstić information content (AvgIpc) is 2.84. The Hall–Kier alpha value is -0.850. The van der Waals surface area contributed by atoms with Gasteiger partial charge in [-0.15, -0.1) is 0 Å². The Bertz CT molecular complexity index is 392. The molecular weight excluding hydrogens is 446 g/mol. The molecule has 0 aliphatic rings. The van der Waals surface area contributed by atoms with Crippen LogP contribution in [0.3, 0.4) is 0 Å². The second-order valence-corrected chi connectivity index (χ2v) is 7.67. The average molecular weight is 496 g/mol. The van der Waals surface area contributed by atoms with Crippen molar-refractivity contribution in [2.75, 3.05) is 106 Å². The molecule has 2 N–H and O–H groups in total. The molecule has 0 bridgehead atoms. The van der Waals surface area contributed by atoms with Crippen LogP contribution in [-0.2, 0) is 33.2 Å². The molecule has 0 aliphatic carbocycles. The third-order valence-corrected chi connectivity index (χ3v) is 4.82. The molecule has 0 aromatic rings. The van der Waals surface area contributed by atoms with Gasteiger partial charge in [-0.05, 0) is 6.42 Å². The number of carbonyl (C=O) groups excluding carboxylic acids is 1. The van der Waals surface area contributed by atoms with E-state index in [1.54, 1.807) is 0 Å². The fourth-order valence-electron chi connectivity index (χ4n) is 2.96. The number of aliphatic hydroxyl groups is 2. The Morgan fingerprint density at radius 3 is 1.35 bits per heavy atom. The van der Waals surface area contributed by atoms with Crippen molar-refractivity contribution in [3.05, 3.63) is 0 Å². The van der Waals surface area contributed by atoms with Crippen molar-refractivity contribution in [2.24, 2.45) is 0 Å². The zero-order chi connectivity index (χ0) is 25.0. The van der Waals surface area contributed by atoms with Crippen LogP contribution >= 0.6 is 0 Å². The van der Waals surface area contributed by atoms with Crippen LogP contribution in [0, 0.1) is 0 Å². The van der Waals surface area contributed by atoms with Gasteiger partial charge in [-0.2, -0.15) is 0 Å². The summed E-state index contributed by atoms with van der Waals surface area (Å²) in [6, 6.07) is 0. The second kappa shape index (κ2) is 28.4. The molecule has 0 spiro atoms. The van der Waals surface area contributed by atoms with E-state index in [4.69, 9.17) is 38.6 Å². The molecule has 10 nitrogen and oxygen atoms in total. The highest BCUT2D eigenvalue weighted by Crippen LogP contribution is 2.07. The van der Waals surface area contributed by atoms with E-state index in [1.165, 1.54) is 19.3 Å². The Morgan fingerprint density at radius 2 is 0.941 bits per heavy atom. The summed E-state index contributed by atoms with van der Waals surface area (Å²) >= 11 is 0. The zero-order valence-corrected chi connectivity index (χ0v) is 21.3. The first kappa shape index (κ1) is 33.1. The topological polar surface area (TPSA) is 116 Å². The Balaban J connectivity index is 3.98. The van der Waals surface area contributed by atoms with E-state index in [0.29, 0.717) is 98.8 Å². The Labute approximate surface area is 205 Å². The maximum absolute atomic E-state index is 12.7. The van der Waals surface area contributed by atoms with E-state index in [-0.39, 0.29) is 19.1 Å². The lowest BCUT2D eigenvalue weighted by molar-refractivity contribution is -0.133. The Kier molecular flexibility index (Phi) is 27.7. The number of hydrogen-bond donors (Lipinski definition) is 2. The van der Waals surface area contributed by atoms with Crippen molar-refractivity contribution >= 4 is 5.91 Å². The van der Waals surface area contributed by atoms with Gasteiger partial charge in [0.2, 0.25) is 5.91 Å².